The van der Waals surface area contributed by atoms with E-state index in [2.05, 4.69) is 19.2 Å². The molecule has 4 nitrogen and oxygen atoms in total. The Morgan fingerprint density at radius 2 is 1.80 bits per heavy atom. The van der Waals surface area contributed by atoms with Crippen molar-refractivity contribution in [1.82, 2.24) is 0 Å². The van der Waals surface area contributed by atoms with E-state index in [0.29, 0.717) is 25.4 Å². The quantitative estimate of drug-likeness (QED) is 0.665. The third-order valence-corrected chi connectivity index (χ3v) is 3.85. The summed E-state index contributed by atoms with van der Waals surface area (Å²) in [6.45, 7) is 7.82. The summed E-state index contributed by atoms with van der Waals surface area (Å²) in [6, 6.07) is 13.4. The molecule has 2 aromatic carbocycles. The smallest absolute Gasteiger partial charge is 0.255 e. The van der Waals surface area contributed by atoms with E-state index in [1.807, 2.05) is 43.3 Å². The topological polar surface area (TPSA) is 47.6 Å². The number of ether oxygens (including phenoxy) is 2. The highest BCUT2D eigenvalue weighted by atomic mass is 16.5. The average Bonchev–Trinajstić information content (AvgIpc) is 2.64. The fraction of sp³-hybridized carbons (Fsp3) is 0.381. The van der Waals surface area contributed by atoms with E-state index in [4.69, 9.17) is 9.47 Å². The van der Waals surface area contributed by atoms with Gasteiger partial charge in [0.25, 0.3) is 5.91 Å². The molecule has 0 aliphatic heterocycles. The van der Waals surface area contributed by atoms with Gasteiger partial charge in [-0.15, -0.1) is 0 Å². The molecule has 1 amide bonds. The first-order valence-electron chi connectivity index (χ1n) is 8.91. The van der Waals surface area contributed by atoms with Crippen molar-refractivity contribution < 1.29 is 14.3 Å². The van der Waals surface area contributed by atoms with E-state index in [0.717, 1.165) is 29.8 Å². The molecular weight excluding hydrogens is 314 g/mol. The molecule has 0 heterocycles. The maximum absolute atomic E-state index is 12.5. The van der Waals surface area contributed by atoms with Gasteiger partial charge in [0.1, 0.15) is 5.75 Å². The van der Waals surface area contributed by atoms with Crippen LogP contribution in [0.25, 0.3) is 0 Å². The predicted molar refractivity (Wildman–Crippen MR) is 101 cm³/mol. The van der Waals surface area contributed by atoms with Gasteiger partial charge in [0.2, 0.25) is 0 Å². The van der Waals surface area contributed by atoms with E-state index in [9.17, 15) is 4.79 Å². The van der Waals surface area contributed by atoms with Gasteiger partial charge in [-0.25, -0.2) is 0 Å². The number of benzene rings is 2. The van der Waals surface area contributed by atoms with Crippen molar-refractivity contribution in [2.45, 2.75) is 40.2 Å². The highest BCUT2D eigenvalue weighted by Crippen LogP contribution is 2.22. The molecule has 0 saturated heterocycles. The Bertz CT molecular complexity index is 680. The summed E-state index contributed by atoms with van der Waals surface area (Å²) in [4.78, 5) is 12.5. The first kappa shape index (κ1) is 19.0. The minimum absolute atomic E-state index is 0.135. The number of aryl methyl sites for hydroxylation is 1. The number of nitrogens with one attached hydrogen (secondary N) is 1. The molecule has 0 aliphatic carbocycles. The molecule has 0 radical (unpaired) electrons. The summed E-state index contributed by atoms with van der Waals surface area (Å²) >= 11 is 0. The standard InChI is InChI=1S/C21H27NO3/c1-4-13-24-15-18-14-17(9-12-20(18)25-6-3)21(23)22-19-10-7-16(5-2)8-11-19/h7-12,14H,4-6,13,15H2,1-3H3,(H,22,23). The summed E-state index contributed by atoms with van der Waals surface area (Å²) in [5.41, 5.74) is 3.52. The number of hydrogen-bond donors (Lipinski definition) is 1. The molecule has 0 aliphatic rings. The summed E-state index contributed by atoms with van der Waals surface area (Å²) in [5.74, 6) is 0.631. The summed E-state index contributed by atoms with van der Waals surface area (Å²) in [7, 11) is 0. The van der Waals surface area contributed by atoms with Crippen LogP contribution in [-0.2, 0) is 17.8 Å². The maximum Gasteiger partial charge on any atom is 0.255 e. The van der Waals surface area contributed by atoms with Crippen LogP contribution >= 0.6 is 0 Å². The van der Waals surface area contributed by atoms with Crippen molar-refractivity contribution in [3.63, 3.8) is 0 Å². The lowest BCUT2D eigenvalue weighted by atomic mass is 10.1. The van der Waals surface area contributed by atoms with Crippen LogP contribution in [0.3, 0.4) is 0 Å². The first-order chi connectivity index (χ1) is 12.2. The molecule has 2 rings (SSSR count). The molecule has 0 unspecified atom stereocenters. The number of hydrogen-bond acceptors (Lipinski definition) is 3. The van der Waals surface area contributed by atoms with Gasteiger partial charge < -0.3 is 14.8 Å². The van der Waals surface area contributed by atoms with Crippen molar-refractivity contribution in [1.29, 1.82) is 0 Å². The molecule has 0 atom stereocenters. The van der Waals surface area contributed by atoms with Crippen LogP contribution in [0.15, 0.2) is 42.5 Å². The van der Waals surface area contributed by atoms with Gasteiger partial charge in [0.15, 0.2) is 0 Å². The second-order valence-electron chi connectivity index (χ2n) is 5.81. The normalized spacial score (nSPS) is 10.5. The van der Waals surface area contributed by atoms with Crippen LogP contribution in [0.1, 0.15) is 48.7 Å². The zero-order chi connectivity index (χ0) is 18.1. The second-order valence-corrected chi connectivity index (χ2v) is 5.81. The molecule has 0 saturated carbocycles. The number of rotatable bonds is 9. The molecule has 134 valence electrons. The van der Waals surface area contributed by atoms with Crippen LogP contribution in [0.5, 0.6) is 5.75 Å². The summed E-state index contributed by atoms with van der Waals surface area (Å²) < 4.78 is 11.3. The minimum atomic E-state index is -0.135. The molecular formula is C21H27NO3. The van der Waals surface area contributed by atoms with E-state index in [1.165, 1.54) is 5.56 Å². The lowest BCUT2D eigenvalue weighted by molar-refractivity contribution is 0.102. The molecule has 2 aromatic rings. The number of carbonyl (C=O) groups is 1. The van der Waals surface area contributed by atoms with Crippen molar-refractivity contribution in [2.75, 3.05) is 18.5 Å². The van der Waals surface area contributed by atoms with Gasteiger partial charge in [0, 0.05) is 23.4 Å². The largest absolute Gasteiger partial charge is 0.494 e. The van der Waals surface area contributed by atoms with Crippen LogP contribution in [-0.4, -0.2) is 19.1 Å². The highest BCUT2D eigenvalue weighted by Gasteiger charge is 2.11. The predicted octanol–water partition coefficient (Wildman–Crippen LogP) is 4.83. The Labute approximate surface area is 150 Å². The Balaban J connectivity index is 2.12. The van der Waals surface area contributed by atoms with Gasteiger partial charge in [-0.05, 0) is 55.7 Å². The van der Waals surface area contributed by atoms with E-state index in [1.54, 1.807) is 6.07 Å². The molecule has 25 heavy (non-hydrogen) atoms. The van der Waals surface area contributed by atoms with Crippen molar-refractivity contribution in [3.05, 3.63) is 59.2 Å². The molecule has 0 bridgehead atoms. The second kappa shape index (κ2) is 9.84. The van der Waals surface area contributed by atoms with Crippen molar-refractivity contribution in [3.8, 4) is 5.75 Å². The van der Waals surface area contributed by atoms with Crippen LogP contribution in [0, 0.1) is 0 Å². The lowest BCUT2D eigenvalue weighted by Gasteiger charge is -2.13. The lowest BCUT2D eigenvalue weighted by Crippen LogP contribution is -2.13. The van der Waals surface area contributed by atoms with Crippen LogP contribution < -0.4 is 10.1 Å². The first-order valence-corrected chi connectivity index (χ1v) is 8.91. The Hall–Kier alpha value is -2.33. The van der Waals surface area contributed by atoms with E-state index < -0.39 is 0 Å². The van der Waals surface area contributed by atoms with Crippen molar-refractivity contribution >= 4 is 11.6 Å². The zero-order valence-corrected chi connectivity index (χ0v) is 15.3. The summed E-state index contributed by atoms with van der Waals surface area (Å²) in [5, 5.41) is 2.93. The average molecular weight is 341 g/mol. The molecule has 4 heteroatoms. The minimum Gasteiger partial charge on any atom is -0.494 e. The van der Waals surface area contributed by atoms with Crippen LogP contribution in [0.2, 0.25) is 0 Å². The fourth-order valence-corrected chi connectivity index (χ4v) is 2.48. The van der Waals surface area contributed by atoms with E-state index >= 15 is 0 Å². The van der Waals surface area contributed by atoms with Crippen LogP contribution in [0.4, 0.5) is 5.69 Å². The third kappa shape index (κ3) is 5.61. The Kier molecular flexibility index (Phi) is 7.48. The zero-order valence-electron chi connectivity index (χ0n) is 15.3. The molecule has 0 fully saturated rings. The van der Waals surface area contributed by atoms with Crippen molar-refractivity contribution in [2.24, 2.45) is 0 Å². The van der Waals surface area contributed by atoms with Gasteiger partial charge >= 0.3 is 0 Å². The van der Waals surface area contributed by atoms with Gasteiger partial charge in [-0.1, -0.05) is 26.0 Å². The van der Waals surface area contributed by atoms with Gasteiger partial charge in [0.05, 0.1) is 13.2 Å². The highest BCUT2D eigenvalue weighted by molar-refractivity contribution is 6.04. The summed E-state index contributed by atoms with van der Waals surface area (Å²) in [6.07, 6.45) is 1.94. The molecule has 0 aromatic heterocycles. The number of amides is 1. The Morgan fingerprint density at radius 3 is 2.44 bits per heavy atom. The number of anilines is 1. The molecule has 1 N–H and O–H groups in total. The fourth-order valence-electron chi connectivity index (χ4n) is 2.48. The maximum atomic E-state index is 12.5. The Morgan fingerprint density at radius 1 is 1.04 bits per heavy atom. The monoisotopic (exact) mass is 341 g/mol. The number of carbonyl (C=O) groups excluding carboxylic acids is 1. The molecule has 0 spiro atoms. The van der Waals surface area contributed by atoms with Gasteiger partial charge in [-0.2, -0.15) is 0 Å². The third-order valence-electron chi connectivity index (χ3n) is 3.85. The SMILES string of the molecule is CCCOCc1cc(C(=O)Nc2ccc(CC)cc2)ccc1OCC. The van der Waals surface area contributed by atoms with Gasteiger partial charge in [-0.3, -0.25) is 4.79 Å². The van der Waals surface area contributed by atoms with E-state index in [-0.39, 0.29) is 5.91 Å².